The van der Waals surface area contributed by atoms with Gasteiger partial charge in [0.25, 0.3) is 5.91 Å². The average Bonchev–Trinajstić information content (AvgIpc) is 2.32. The number of carbonyl (C=O) groups excluding carboxylic acids is 1. The molecule has 0 heterocycles. The highest BCUT2D eigenvalue weighted by molar-refractivity contribution is 7.98. The van der Waals surface area contributed by atoms with Crippen molar-refractivity contribution in [3.8, 4) is 0 Å². The molecule has 18 heavy (non-hydrogen) atoms. The second kappa shape index (κ2) is 6.58. The van der Waals surface area contributed by atoms with Gasteiger partial charge in [0.1, 0.15) is 5.82 Å². The minimum Gasteiger partial charge on any atom is -0.396 e. The van der Waals surface area contributed by atoms with Gasteiger partial charge in [0.2, 0.25) is 0 Å². The van der Waals surface area contributed by atoms with E-state index in [0.29, 0.717) is 5.75 Å². The van der Waals surface area contributed by atoms with Crippen molar-refractivity contribution in [2.45, 2.75) is 19.4 Å². The summed E-state index contributed by atoms with van der Waals surface area (Å²) in [6, 6.07) is 1.63. The number of benzene rings is 1. The molecule has 0 aliphatic carbocycles. The van der Waals surface area contributed by atoms with Gasteiger partial charge in [-0.1, -0.05) is 6.92 Å². The van der Waals surface area contributed by atoms with Crippen LogP contribution in [0.25, 0.3) is 0 Å². The molecule has 1 unspecified atom stereocenters. The Labute approximate surface area is 109 Å². The Bertz CT molecular complexity index is 440. The number of thioether (sulfide) groups is 1. The molecule has 1 rings (SSSR count). The molecule has 1 aromatic rings. The summed E-state index contributed by atoms with van der Waals surface area (Å²) in [6.45, 7) is 1.91. The molecule has 0 bridgehead atoms. The molecular formula is C12H16F2N2OS. The fraction of sp³-hybridized carbons (Fsp3) is 0.417. The number of anilines is 1. The van der Waals surface area contributed by atoms with Crippen molar-refractivity contribution in [1.82, 2.24) is 5.32 Å². The number of hydrogen-bond donors (Lipinski definition) is 2. The van der Waals surface area contributed by atoms with Gasteiger partial charge in [-0.15, -0.1) is 0 Å². The number of rotatable bonds is 5. The van der Waals surface area contributed by atoms with Crippen LogP contribution in [0.3, 0.4) is 0 Å². The fourth-order valence-corrected chi connectivity index (χ4v) is 2.22. The molecular weight excluding hydrogens is 258 g/mol. The molecule has 0 saturated heterocycles. The minimum absolute atomic E-state index is 0.0728. The van der Waals surface area contributed by atoms with Crippen LogP contribution in [0.2, 0.25) is 0 Å². The molecule has 0 aliphatic rings. The van der Waals surface area contributed by atoms with Gasteiger partial charge in [-0.05, 0) is 24.8 Å². The van der Waals surface area contributed by atoms with Crippen LogP contribution < -0.4 is 11.1 Å². The Morgan fingerprint density at radius 3 is 2.72 bits per heavy atom. The third-order valence-electron chi connectivity index (χ3n) is 2.51. The first-order valence-electron chi connectivity index (χ1n) is 5.53. The largest absolute Gasteiger partial charge is 0.396 e. The van der Waals surface area contributed by atoms with E-state index in [9.17, 15) is 13.6 Å². The zero-order chi connectivity index (χ0) is 13.7. The molecule has 0 spiro atoms. The molecule has 1 atom stereocenters. The summed E-state index contributed by atoms with van der Waals surface area (Å²) in [7, 11) is 0. The molecule has 0 aromatic heterocycles. The maximum absolute atomic E-state index is 13.6. The molecule has 0 aliphatic heterocycles. The van der Waals surface area contributed by atoms with E-state index < -0.39 is 17.5 Å². The Morgan fingerprint density at radius 2 is 2.17 bits per heavy atom. The zero-order valence-corrected chi connectivity index (χ0v) is 11.1. The molecule has 100 valence electrons. The Hall–Kier alpha value is -1.30. The van der Waals surface area contributed by atoms with Gasteiger partial charge in [0.15, 0.2) is 5.82 Å². The molecule has 3 N–H and O–H groups in total. The van der Waals surface area contributed by atoms with E-state index in [-0.39, 0.29) is 17.3 Å². The molecule has 1 aromatic carbocycles. The maximum Gasteiger partial charge on any atom is 0.254 e. The molecule has 3 nitrogen and oxygen atoms in total. The van der Waals surface area contributed by atoms with Crippen LogP contribution in [0.1, 0.15) is 23.7 Å². The predicted molar refractivity (Wildman–Crippen MR) is 70.7 cm³/mol. The van der Waals surface area contributed by atoms with Crippen LogP contribution >= 0.6 is 11.8 Å². The number of nitrogen functional groups attached to an aromatic ring is 1. The first-order chi connectivity index (χ1) is 8.49. The van der Waals surface area contributed by atoms with Crippen LogP contribution in [-0.2, 0) is 0 Å². The van der Waals surface area contributed by atoms with Crippen LogP contribution in [0.15, 0.2) is 12.1 Å². The van der Waals surface area contributed by atoms with Crippen molar-refractivity contribution >= 4 is 23.4 Å². The van der Waals surface area contributed by atoms with Crippen LogP contribution in [0.5, 0.6) is 0 Å². The lowest BCUT2D eigenvalue weighted by Gasteiger charge is -2.16. The van der Waals surface area contributed by atoms with E-state index in [2.05, 4.69) is 5.32 Å². The minimum atomic E-state index is -0.882. The summed E-state index contributed by atoms with van der Waals surface area (Å²) in [6.07, 6.45) is 2.63. The zero-order valence-electron chi connectivity index (χ0n) is 10.3. The van der Waals surface area contributed by atoms with Crippen LogP contribution in [0, 0.1) is 11.6 Å². The van der Waals surface area contributed by atoms with E-state index in [1.54, 1.807) is 11.8 Å². The number of halogens is 2. The standard InChI is InChI=1S/C12H16F2N2OS/c1-3-8(6-18-2)16-12(17)9-4-7(13)5-10(15)11(9)14/h4-5,8H,3,6,15H2,1-2H3,(H,16,17). The quantitative estimate of drug-likeness (QED) is 0.811. The van der Waals surface area contributed by atoms with Gasteiger partial charge in [-0.3, -0.25) is 4.79 Å². The van der Waals surface area contributed by atoms with Crippen LogP contribution in [0.4, 0.5) is 14.5 Å². The summed E-state index contributed by atoms with van der Waals surface area (Å²) in [5, 5.41) is 2.66. The smallest absolute Gasteiger partial charge is 0.254 e. The Balaban J connectivity index is 2.90. The number of hydrogen-bond acceptors (Lipinski definition) is 3. The lowest BCUT2D eigenvalue weighted by Crippen LogP contribution is -2.36. The second-order valence-corrected chi connectivity index (χ2v) is 4.80. The third kappa shape index (κ3) is 3.60. The molecule has 1 amide bonds. The number of carbonyl (C=O) groups is 1. The van der Waals surface area contributed by atoms with Crippen molar-refractivity contribution in [3.05, 3.63) is 29.3 Å². The summed E-state index contributed by atoms with van der Waals surface area (Å²) < 4.78 is 26.7. The Morgan fingerprint density at radius 1 is 1.50 bits per heavy atom. The number of amides is 1. The fourth-order valence-electron chi connectivity index (χ4n) is 1.50. The van der Waals surface area contributed by atoms with E-state index >= 15 is 0 Å². The van der Waals surface area contributed by atoms with Gasteiger partial charge >= 0.3 is 0 Å². The second-order valence-electron chi connectivity index (χ2n) is 3.89. The lowest BCUT2D eigenvalue weighted by molar-refractivity contribution is 0.0935. The lowest BCUT2D eigenvalue weighted by atomic mass is 10.1. The third-order valence-corrected chi connectivity index (χ3v) is 3.24. The van der Waals surface area contributed by atoms with Gasteiger partial charge in [0.05, 0.1) is 11.3 Å². The van der Waals surface area contributed by atoms with Gasteiger partial charge < -0.3 is 11.1 Å². The van der Waals surface area contributed by atoms with Gasteiger partial charge in [0, 0.05) is 11.8 Å². The maximum atomic E-state index is 13.6. The van der Waals surface area contributed by atoms with Gasteiger partial charge in [-0.25, -0.2) is 8.78 Å². The van der Waals surface area contributed by atoms with Crippen molar-refractivity contribution in [2.24, 2.45) is 0 Å². The summed E-state index contributed by atoms with van der Waals surface area (Å²) >= 11 is 1.57. The monoisotopic (exact) mass is 274 g/mol. The molecule has 0 saturated carbocycles. The van der Waals surface area contributed by atoms with Crippen molar-refractivity contribution < 1.29 is 13.6 Å². The first kappa shape index (κ1) is 14.8. The molecule has 0 fully saturated rings. The highest BCUT2D eigenvalue weighted by Gasteiger charge is 2.18. The number of nitrogens with one attached hydrogen (secondary N) is 1. The summed E-state index contributed by atoms with van der Waals surface area (Å²) in [5.74, 6) is -1.53. The summed E-state index contributed by atoms with van der Waals surface area (Å²) in [4.78, 5) is 11.8. The van der Waals surface area contributed by atoms with Crippen LogP contribution in [-0.4, -0.2) is 24.0 Å². The molecule has 6 heteroatoms. The van der Waals surface area contributed by atoms with Crippen molar-refractivity contribution in [1.29, 1.82) is 0 Å². The number of nitrogens with two attached hydrogens (primary N) is 1. The van der Waals surface area contributed by atoms with E-state index in [4.69, 9.17) is 5.73 Å². The van der Waals surface area contributed by atoms with E-state index in [0.717, 1.165) is 18.6 Å². The average molecular weight is 274 g/mol. The molecule has 0 radical (unpaired) electrons. The highest BCUT2D eigenvalue weighted by Crippen LogP contribution is 2.17. The van der Waals surface area contributed by atoms with E-state index in [1.165, 1.54) is 0 Å². The Kier molecular flexibility index (Phi) is 5.40. The van der Waals surface area contributed by atoms with E-state index in [1.807, 2.05) is 13.2 Å². The highest BCUT2D eigenvalue weighted by atomic mass is 32.2. The topological polar surface area (TPSA) is 55.1 Å². The van der Waals surface area contributed by atoms with Gasteiger partial charge in [-0.2, -0.15) is 11.8 Å². The van der Waals surface area contributed by atoms with Crippen molar-refractivity contribution in [3.63, 3.8) is 0 Å². The first-order valence-corrected chi connectivity index (χ1v) is 6.93. The predicted octanol–water partition coefficient (Wildman–Crippen LogP) is 2.42. The normalized spacial score (nSPS) is 12.2. The SMILES string of the molecule is CCC(CSC)NC(=O)c1cc(F)cc(N)c1F. The van der Waals surface area contributed by atoms with Crippen molar-refractivity contribution in [2.75, 3.05) is 17.7 Å². The summed E-state index contributed by atoms with van der Waals surface area (Å²) in [5.41, 5.74) is 4.56.